The first-order chi connectivity index (χ1) is 18.0. The minimum Gasteiger partial charge on any atom is -0.497 e. The number of methoxy groups -OCH3 is 1. The van der Waals surface area contributed by atoms with E-state index in [1.165, 1.54) is 37.8 Å². The molecule has 3 rings (SSSR count). The monoisotopic (exact) mass is 545 g/mol. The van der Waals surface area contributed by atoms with Crippen LogP contribution in [0.25, 0.3) is 0 Å². The van der Waals surface area contributed by atoms with Crippen LogP contribution in [0.5, 0.6) is 23.0 Å². The molecule has 0 radical (unpaired) electrons. The highest BCUT2D eigenvalue weighted by Crippen LogP contribution is 2.47. The molecule has 0 unspecified atom stereocenters. The molecule has 0 aliphatic carbocycles. The Labute approximate surface area is 222 Å². The van der Waals surface area contributed by atoms with Gasteiger partial charge in [0.2, 0.25) is 5.91 Å². The molecule has 10 heteroatoms. The van der Waals surface area contributed by atoms with Crippen molar-refractivity contribution in [2.24, 2.45) is 5.73 Å². The van der Waals surface area contributed by atoms with Gasteiger partial charge in [-0.1, -0.05) is 58.9 Å². The molecule has 1 amide bonds. The van der Waals surface area contributed by atoms with E-state index in [1.807, 2.05) is 6.92 Å². The van der Waals surface area contributed by atoms with Gasteiger partial charge < -0.3 is 24.7 Å². The second kappa shape index (κ2) is 16.6. The number of rotatable bonds is 11. The third-order valence-corrected chi connectivity index (χ3v) is 5.28. The van der Waals surface area contributed by atoms with E-state index in [1.54, 1.807) is 37.4 Å². The normalized spacial score (nSPS) is 14.2. The number of amides is 1. The number of hydrogen-bond acceptors (Lipinski definition) is 5. The number of unbranched alkanes of at least 4 members (excludes halogenated alkanes) is 4. The molecule has 0 aromatic heterocycles. The van der Waals surface area contributed by atoms with Crippen molar-refractivity contribution in [2.75, 3.05) is 13.7 Å². The fraction of sp³-hybridized carbons (Fsp3) is 0.536. The molecule has 1 aliphatic heterocycles. The molecule has 0 spiro atoms. The third kappa shape index (κ3) is 11.5. The van der Waals surface area contributed by atoms with Gasteiger partial charge in [-0.3, -0.25) is 4.79 Å². The minimum atomic E-state index is -4.65. The maximum absolute atomic E-state index is 12.9. The molecular weight excluding hydrogens is 506 g/mol. The van der Waals surface area contributed by atoms with E-state index in [9.17, 15) is 22.4 Å². The van der Waals surface area contributed by atoms with Crippen LogP contribution in [0.2, 0.25) is 0 Å². The van der Waals surface area contributed by atoms with Gasteiger partial charge in [-0.25, -0.2) is 0 Å². The van der Waals surface area contributed by atoms with E-state index in [2.05, 4.69) is 23.3 Å². The molecule has 38 heavy (non-hydrogen) atoms. The summed E-state index contributed by atoms with van der Waals surface area (Å²) in [6, 6.07) is 11.2. The van der Waals surface area contributed by atoms with E-state index in [0.717, 1.165) is 24.2 Å². The first kappa shape index (κ1) is 32.9. The van der Waals surface area contributed by atoms with Crippen molar-refractivity contribution in [3.05, 3.63) is 48.0 Å². The lowest BCUT2D eigenvalue weighted by atomic mass is 10.1. The standard InChI is InChI=1S/C12H12F4O2.C10H13NO3.C6H14/c1-2-3-4-8-5-6-9-10(7-8)18-12(15,16)11(13,14)17-9;1-13-8-2-4-9(5-3-8)14-7-6-10(11)12;1-3-5-6-4-2/h5-7H,2-4H2,1H3;2-5H,6-7H2,1H3,(H2,11,12);3-6H2,1-2H3. The molecule has 0 atom stereocenters. The summed E-state index contributed by atoms with van der Waals surface area (Å²) in [4.78, 5) is 10.4. The smallest absolute Gasteiger partial charge is 0.497 e. The number of hydrogen-bond donors (Lipinski definition) is 1. The lowest BCUT2D eigenvalue weighted by molar-refractivity contribution is -0.391. The molecule has 0 saturated carbocycles. The van der Waals surface area contributed by atoms with E-state index < -0.39 is 12.2 Å². The highest BCUT2D eigenvalue weighted by molar-refractivity contribution is 5.73. The third-order valence-electron chi connectivity index (χ3n) is 5.28. The van der Waals surface area contributed by atoms with Crippen molar-refractivity contribution in [1.82, 2.24) is 0 Å². The maximum atomic E-state index is 12.9. The first-order valence-corrected chi connectivity index (χ1v) is 12.8. The predicted molar refractivity (Wildman–Crippen MR) is 138 cm³/mol. The van der Waals surface area contributed by atoms with Crippen molar-refractivity contribution in [3.8, 4) is 23.0 Å². The number of halogens is 4. The largest absolute Gasteiger partial charge is 0.507 e. The predicted octanol–water partition coefficient (Wildman–Crippen LogP) is 7.52. The Bertz CT molecular complexity index is 951. The maximum Gasteiger partial charge on any atom is 0.507 e. The van der Waals surface area contributed by atoms with Gasteiger partial charge in [0.05, 0.1) is 20.1 Å². The number of fused-ring (bicyclic) bond motifs is 1. The van der Waals surface area contributed by atoms with E-state index in [0.29, 0.717) is 18.8 Å². The average Bonchev–Trinajstić information content (AvgIpc) is 2.87. The number of carbonyl (C=O) groups excluding carboxylic acids is 1. The summed E-state index contributed by atoms with van der Waals surface area (Å²) in [5, 5.41) is 0. The highest BCUT2D eigenvalue weighted by atomic mass is 19.3. The van der Waals surface area contributed by atoms with Gasteiger partial charge in [0.25, 0.3) is 0 Å². The topological polar surface area (TPSA) is 80.0 Å². The molecule has 0 saturated heterocycles. The quantitative estimate of drug-likeness (QED) is 0.233. The fourth-order valence-corrected chi connectivity index (χ4v) is 3.09. The molecule has 0 bridgehead atoms. The number of nitrogens with two attached hydrogens (primary N) is 1. The van der Waals surface area contributed by atoms with Crippen LogP contribution in [0.15, 0.2) is 42.5 Å². The summed E-state index contributed by atoms with van der Waals surface area (Å²) in [5.74, 6) is 0.392. The van der Waals surface area contributed by atoms with Gasteiger partial charge in [-0.2, -0.15) is 17.6 Å². The zero-order valence-electron chi connectivity index (χ0n) is 22.5. The molecule has 6 nitrogen and oxygen atoms in total. The summed E-state index contributed by atoms with van der Waals surface area (Å²) in [5.41, 5.74) is 5.71. The Hall–Kier alpha value is -3.17. The Morgan fingerprint density at radius 3 is 1.84 bits per heavy atom. The van der Waals surface area contributed by atoms with Crippen LogP contribution >= 0.6 is 0 Å². The number of primary amides is 1. The van der Waals surface area contributed by atoms with Gasteiger partial charge in [0, 0.05) is 0 Å². The van der Waals surface area contributed by atoms with Crippen LogP contribution in [0.3, 0.4) is 0 Å². The van der Waals surface area contributed by atoms with Crippen molar-refractivity contribution in [3.63, 3.8) is 0 Å². The highest BCUT2D eigenvalue weighted by Gasteiger charge is 2.65. The number of ether oxygens (including phenoxy) is 4. The fourth-order valence-electron chi connectivity index (χ4n) is 3.09. The van der Waals surface area contributed by atoms with Crippen LogP contribution < -0.4 is 24.7 Å². The molecular formula is C28H39F4NO5. The molecule has 1 heterocycles. The van der Waals surface area contributed by atoms with Crippen molar-refractivity contribution < 1.29 is 41.3 Å². The summed E-state index contributed by atoms with van der Waals surface area (Å²) in [6.45, 7) is 6.76. The lowest BCUT2D eigenvalue weighted by Gasteiger charge is -2.31. The van der Waals surface area contributed by atoms with E-state index in [-0.39, 0.29) is 23.8 Å². The van der Waals surface area contributed by atoms with Gasteiger partial charge in [0.15, 0.2) is 11.5 Å². The summed E-state index contributed by atoms with van der Waals surface area (Å²) in [7, 11) is 1.60. The lowest BCUT2D eigenvalue weighted by Crippen LogP contribution is -2.52. The van der Waals surface area contributed by atoms with Gasteiger partial charge in [0.1, 0.15) is 11.5 Å². The number of aryl methyl sites for hydroxylation is 1. The van der Waals surface area contributed by atoms with Crippen molar-refractivity contribution >= 4 is 5.91 Å². The number of carbonyl (C=O) groups is 1. The van der Waals surface area contributed by atoms with E-state index in [4.69, 9.17) is 15.2 Å². The molecule has 1 aliphatic rings. The van der Waals surface area contributed by atoms with Gasteiger partial charge in [-0.05, 0) is 54.8 Å². The van der Waals surface area contributed by atoms with E-state index >= 15 is 0 Å². The van der Waals surface area contributed by atoms with Crippen LogP contribution in [0, 0.1) is 0 Å². The average molecular weight is 546 g/mol. The second-order valence-electron chi connectivity index (χ2n) is 8.57. The van der Waals surface area contributed by atoms with Gasteiger partial charge >= 0.3 is 12.2 Å². The van der Waals surface area contributed by atoms with Gasteiger partial charge in [-0.15, -0.1) is 0 Å². The minimum absolute atomic E-state index is 0.228. The van der Waals surface area contributed by atoms with Crippen LogP contribution in [-0.2, 0) is 11.2 Å². The summed E-state index contributed by atoms with van der Waals surface area (Å²) < 4.78 is 69.9. The first-order valence-electron chi connectivity index (χ1n) is 12.8. The summed E-state index contributed by atoms with van der Waals surface area (Å²) >= 11 is 0. The zero-order valence-corrected chi connectivity index (χ0v) is 22.5. The molecule has 214 valence electrons. The molecule has 2 aromatic rings. The zero-order chi connectivity index (χ0) is 28.6. The Morgan fingerprint density at radius 1 is 0.816 bits per heavy atom. The SMILES string of the molecule is CCCCCC.CCCCc1ccc2c(c1)OC(F)(F)C(F)(F)O2.COc1ccc(OCCC(N)=O)cc1. The molecule has 0 fully saturated rings. The Balaban J connectivity index is 0.000000321. The van der Waals surface area contributed by atoms with Crippen molar-refractivity contribution in [1.29, 1.82) is 0 Å². The van der Waals surface area contributed by atoms with Crippen LogP contribution in [0.1, 0.15) is 71.3 Å². The second-order valence-corrected chi connectivity index (χ2v) is 8.57. The Kier molecular flexibility index (Phi) is 14.4. The Morgan fingerprint density at radius 2 is 1.34 bits per heavy atom. The molecule has 2 N–H and O–H groups in total. The number of alkyl halides is 4. The molecule has 2 aromatic carbocycles. The van der Waals surface area contributed by atoms with Crippen molar-refractivity contribution in [2.45, 2.75) is 84.4 Å². The van der Waals surface area contributed by atoms with Crippen LogP contribution in [-0.4, -0.2) is 31.8 Å². The van der Waals surface area contributed by atoms with Crippen LogP contribution in [0.4, 0.5) is 17.6 Å². The summed E-state index contributed by atoms with van der Waals surface area (Å²) in [6.07, 6.45) is -1.03. The number of benzene rings is 2.